The predicted octanol–water partition coefficient (Wildman–Crippen LogP) is 1.30. The van der Waals surface area contributed by atoms with E-state index in [2.05, 4.69) is 5.32 Å². The molecule has 19 heavy (non-hydrogen) atoms. The van der Waals surface area contributed by atoms with Crippen LogP contribution in [0.1, 0.15) is 6.42 Å². The van der Waals surface area contributed by atoms with Gasteiger partial charge in [-0.05, 0) is 12.1 Å². The fourth-order valence-corrected chi connectivity index (χ4v) is 2.11. The molecule has 0 aliphatic heterocycles. The monoisotopic (exact) mass is 286 g/mol. The van der Waals surface area contributed by atoms with Crippen LogP contribution in [-0.2, 0) is 9.59 Å². The average molecular weight is 286 g/mol. The summed E-state index contributed by atoms with van der Waals surface area (Å²) in [5.41, 5.74) is 5.44. The van der Waals surface area contributed by atoms with Gasteiger partial charge in [-0.15, -0.1) is 0 Å². The van der Waals surface area contributed by atoms with Gasteiger partial charge in [-0.2, -0.15) is 11.8 Å². The van der Waals surface area contributed by atoms with Crippen molar-refractivity contribution < 1.29 is 19.1 Å². The zero-order chi connectivity index (χ0) is 14.3. The molecule has 0 spiro atoms. The molecule has 0 aliphatic carbocycles. The number of hydrogen-bond acceptors (Lipinski definition) is 4. The van der Waals surface area contributed by atoms with E-state index in [1.807, 2.05) is 0 Å². The van der Waals surface area contributed by atoms with E-state index in [0.717, 1.165) is 0 Å². The summed E-state index contributed by atoms with van der Waals surface area (Å²) in [5, 5.41) is 11.0. The molecular weight excluding hydrogens is 271 g/mol. The van der Waals surface area contributed by atoms with Crippen LogP contribution >= 0.6 is 11.8 Å². The molecule has 4 N–H and O–H groups in total. The highest BCUT2D eigenvalue weighted by molar-refractivity contribution is 7.99. The van der Waals surface area contributed by atoms with Gasteiger partial charge >= 0.3 is 5.97 Å². The zero-order valence-corrected chi connectivity index (χ0v) is 11.0. The lowest BCUT2D eigenvalue weighted by molar-refractivity contribution is -0.137. The molecule has 5 nitrogen and oxygen atoms in total. The molecule has 0 radical (unpaired) electrons. The summed E-state index contributed by atoms with van der Waals surface area (Å²) in [6.45, 7) is 0. The fourth-order valence-electron chi connectivity index (χ4n) is 1.22. The minimum Gasteiger partial charge on any atom is -0.480 e. The molecular formula is C12H15FN2O3S. The molecule has 1 amide bonds. The number of rotatable bonds is 7. The lowest BCUT2D eigenvalue weighted by Crippen LogP contribution is -2.32. The maximum absolute atomic E-state index is 13.2. The molecule has 0 aliphatic rings. The maximum Gasteiger partial charge on any atom is 0.321 e. The Bertz CT molecular complexity index is 456. The van der Waals surface area contributed by atoms with Crippen molar-refractivity contribution in [2.24, 2.45) is 5.73 Å². The first kappa shape index (κ1) is 15.5. The van der Waals surface area contributed by atoms with Crippen molar-refractivity contribution in [3.05, 3.63) is 30.1 Å². The van der Waals surface area contributed by atoms with Gasteiger partial charge in [-0.25, -0.2) is 4.39 Å². The third-order valence-electron chi connectivity index (χ3n) is 2.24. The first-order valence-electron chi connectivity index (χ1n) is 5.61. The van der Waals surface area contributed by atoms with E-state index < -0.39 is 17.8 Å². The Hall–Kier alpha value is -1.60. The molecule has 0 bridgehead atoms. The fraction of sp³-hybridized carbons (Fsp3) is 0.333. The number of nitrogens with one attached hydrogen (secondary N) is 1. The first-order chi connectivity index (χ1) is 9.00. The van der Waals surface area contributed by atoms with Gasteiger partial charge < -0.3 is 16.2 Å². The topological polar surface area (TPSA) is 92.4 Å². The predicted molar refractivity (Wildman–Crippen MR) is 72.6 cm³/mol. The molecule has 0 saturated carbocycles. The Morgan fingerprint density at radius 3 is 2.74 bits per heavy atom. The summed E-state index contributed by atoms with van der Waals surface area (Å²) in [5.74, 6) is -1.20. The molecule has 0 saturated heterocycles. The SMILES string of the molecule is N[C@@H](CSCCC(=O)Nc1ccccc1F)C(=O)O. The molecule has 0 fully saturated rings. The van der Waals surface area contributed by atoms with Crippen LogP contribution < -0.4 is 11.1 Å². The van der Waals surface area contributed by atoms with E-state index >= 15 is 0 Å². The first-order valence-corrected chi connectivity index (χ1v) is 6.76. The van der Waals surface area contributed by atoms with Crippen LogP contribution in [0, 0.1) is 5.82 Å². The molecule has 0 unspecified atom stereocenters. The van der Waals surface area contributed by atoms with E-state index in [1.165, 1.54) is 30.0 Å². The van der Waals surface area contributed by atoms with Gasteiger partial charge in [0.1, 0.15) is 11.9 Å². The largest absolute Gasteiger partial charge is 0.480 e. The number of thioether (sulfide) groups is 1. The molecule has 1 aromatic rings. The summed E-state index contributed by atoms with van der Waals surface area (Å²) >= 11 is 1.27. The van der Waals surface area contributed by atoms with Crippen LogP contribution in [0.25, 0.3) is 0 Å². The number of aliphatic carboxylic acids is 1. The maximum atomic E-state index is 13.2. The van der Waals surface area contributed by atoms with Crippen LogP contribution in [0.2, 0.25) is 0 Å². The molecule has 1 atom stereocenters. The number of para-hydroxylation sites is 1. The van der Waals surface area contributed by atoms with Crippen molar-refractivity contribution in [2.75, 3.05) is 16.8 Å². The smallest absolute Gasteiger partial charge is 0.321 e. The number of halogens is 1. The van der Waals surface area contributed by atoms with Gasteiger partial charge in [0.25, 0.3) is 0 Å². The lowest BCUT2D eigenvalue weighted by atomic mass is 10.3. The van der Waals surface area contributed by atoms with Gasteiger partial charge in [-0.3, -0.25) is 9.59 Å². The van der Waals surface area contributed by atoms with Crippen LogP contribution in [-0.4, -0.2) is 34.5 Å². The number of anilines is 1. The normalized spacial score (nSPS) is 11.9. The Morgan fingerprint density at radius 2 is 2.11 bits per heavy atom. The summed E-state index contributed by atoms with van der Waals surface area (Å²) in [7, 11) is 0. The molecule has 1 rings (SSSR count). The Kier molecular flexibility index (Phi) is 6.31. The van der Waals surface area contributed by atoms with E-state index in [1.54, 1.807) is 6.07 Å². The highest BCUT2D eigenvalue weighted by Crippen LogP contribution is 2.13. The van der Waals surface area contributed by atoms with Crippen molar-refractivity contribution in [3.63, 3.8) is 0 Å². The number of carbonyl (C=O) groups is 2. The second kappa shape index (κ2) is 7.75. The average Bonchev–Trinajstić information content (AvgIpc) is 2.37. The molecule has 1 aromatic carbocycles. The van der Waals surface area contributed by atoms with Gasteiger partial charge in [0.15, 0.2) is 0 Å². The van der Waals surface area contributed by atoms with E-state index in [9.17, 15) is 14.0 Å². The van der Waals surface area contributed by atoms with E-state index in [-0.39, 0.29) is 23.8 Å². The van der Waals surface area contributed by atoms with Gasteiger partial charge in [0.2, 0.25) is 5.91 Å². The minimum absolute atomic E-state index is 0.139. The summed E-state index contributed by atoms with van der Waals surface area (Å²) in [4.78, 5) is 22.0. The number of nitrogens with two attached hydrogens (primary N) is 1. The standard InChI is InChI=1S/C12H15FN2O3S/c13-8-3-1-2-4-10(8)15-11(16)5-6-19-7-9(14)12(17)18/h1-4,9H,5-7,14H2,(H,15,16)(H,17,18)/t9-/m0/s1. The third kappa shape index (κ3) is 5.71. The number of carboxylic acid groups (broad SMARTS) is 1. The number of carbonyl (C=O) groups excluding carboxylic acids is 1. The second-order valence-electron chi connectivity index (χ2n) is 3.80. The Labute approximate surface area is 114 Å². The van der Waals surface area contributed by atoms with Crippen LogP contribution in [0.4, 0.5) is 10.1 Å². The highest BCUT2D eigenvalue weighted by Gasteiger charge is 2.11. The van der Waals surface area contributed by atoms with Gasteiger partial charge in [-0.1, -0.05) is 12.1 Å². The quantitative estimate of drug-likeness (QED) is 0.657. The summed E-state index contributed by atoms with van der Waals surface area (Å²) in [6.07, 6.45) is 0.172. The van der Waals surface area contributed by atoms with E-state index in [4.69, 9.17) is 10.8 Å². The Balaban J connectivity index is 2.26. The molecule has 104 valence electrons. The van der Waals surface area contributed by atoms with Crippen molar-refractivity contribution in [1.29, 1.82) is 0 Å². The number of carboxylic acids is 1. The van der Waals surface area contributed by atoms with Crippen LogP contribution in [0.5, 0.6) is 0 Å². The number of benzene rings is 1. The van der Waals surface area contributed by atoms with E-state index in [0.29, 0.717) is 5.75 Å². The molecule has 0 aromatic heterocycles. The van der Waals surface area contributed by atoms with Crippen LogP contribution in [0.3, 0.4) is 0 Å². The summed E-state index contributed by atoms with van der Waals surface area (Å²) < 4.78 is 13.2. The zero-order valence-electron chi connectivity index (χ0n) is 10.1. The molecule has 0 heterocycles. The second-order valence-corrected chi connectivity index (χ2v) is 4.95. The number of amides is 1. The van der Waals surface area contributed by atoms with Gasteiger partial charge in [0, 0.05) is 17.9 Å². The van der Waals surface area contributed by atoms with Gasteiger partial charge in [0.05, 0.1) is 5.69 Å². The van der Waals surface area contributed by atoms with Crippen LogP contribution in [0.15, 0.2) is 24.3 Å². The minimum atomic E-state index is -1.07. The van der Waals surface area contributed by atoms with Crippen molar-refractivity contribution in [2.45, 2.75) is 12.5 Å². The van der Waals surface area contributed by atoms with Crippen molar-refractivity contribution >= 4 is 29.3 Å². The third-order valence-corrected chi connectivity index (χ3v) is 3.32. The molecule has 7 heteroatoms. The van der Waals surface area contributed by atoms with Crippen molar-refractivity contribution in [3.8, 4) is 0 Å². The summed E-state index contributed by atoms with van der Waals surface area (Å²) in [6, 6.07) is 4.96. The Morgan fingerprint density at radius 1 is 1.42 bits per heavy atom. The number of hydrogen-bond donors (Lipinski definition) is 3. The lowest BCUT2D eigenvalue weighted by Gasteiger charge is -2.07. The van der Waals surface area contributed by atoms with Crippen molar-refractivity contribution in [1.82, 2.24) is 0 Å². The highest BCUT2D eigenvalue weighted by atomic mass is 32.2.